The van der Waals surface area contributed by atoms with Crippen LogP contribution in [0.15, 0.2) is 24.8 Å². The number of carbonyl (C=O) groups excluding carboxylic acids is 1. The van der Waals surface area contributed by atoms with Gasteiger partial charge in [0.15, 0.2) is 0 Å². The molecule has 2 aliphatic rings. The van der Waals surface area contributed by atoms with Crippen LogP contribution >= 0.6 is 0 Å². The van der Waals surface area contributed by atoms with Gasteiger partial charge < -0.3 is 30.6 Å². The van der Waals surface area contributed by atoms with Crippen LogP contribution < -0.4 is 5.32 Å². The number of fused-ring (bicyclic) bond motifs is 8. The van der Waals surface area contributed by atoms with Crippen LogP contribution in [0.1, 0.15) is 127 Å². The second-order valence-electron chi connectivity index (χ2n) is 13.3. The lowest BCUT2D eigenvalue weighted by Gasteiger charge is -2.18. The summed E-state index contributed by atoms with van der Waals surface area (Å²) in [5.41, 5.74) is 8.65. The molecule has 0 saturated heterocycles. The molecule has 6 N–H and O–H groups in total. The van der Waals surface area contributed by atoms with Gasteiger partial charge in [-0.1, -0.05) is 32.9 Å². The zero-order valence-electron chi connectivity index (χ0n) is 29.7. The van der Waals surface area contributed by atoms with Crippen LogP contribution in [0.2, 0.25) is 0 Å². The Balaban J connectivity index is 1.89. The average molecular weight is 696 g/mol. The van der Waals surface area contributed by atoms with Gasteiger partial charge in [-0.05, 0) is 86.9 Å². The van der Waals surface area contributed by atoms with E-state index in [1.807, 2.05) is 45.9 Å². The molecule has 268 valence electrons. The van der Waals surface area contributed by atoms with E-state index in [9.17, 15) is 29.4 Å². The average Bonchev–Trinajstić information content (AvgIpc) is 3.74. The number of hydrogen-bond donors (Lipinski definition) is 6. The molecule has 0 aromatic carbocycles. The third-order valence-corrected chi connectivity index (χ3v) is 10.1. The van der Waals surface area contributed by atoms with E-state index in [-0.39, 0.29) is 54.2 Å². The van der Waals surface area contributed by atoms with Crippen molar-refractivity contribution in [2.75, 3.05) is 6.54 Å². The maximum atomic E-state index is 14.3. The van der Waals surface area contributed by atoms with Crippen molar-refractivity contribution in [2.45, 2.75) is 91.4 Å². The summed E-state index contributed by atoms with van der Waals surface area (Å²) in [6, 6.07) is 5.74. The first-order chi connectivity index (χ1) is 24.3. The van der Waals surface area contributed by atoms with Crippen LogP contribution in [0.4, 0.5) is 0 Å². The lowest BCUT2D eigenvalue weighted by atomic mass is 9.85. The van der Waals surface area contributed by atoms with E-state index in [2.05, 4.69) is 21.9 Å². The fraction of sp³-hybridized carbons (Fsp3) is 0.385. The van der Waals surface area contributed by atoms with Gasteiger partial charge in [-0.2, -0.15) is 0 Å². The molecule has 2 atom stereocenters. The molecule has 0 aliphatic carbocycles. The maximum absolute atomic E-state index is 14.3. The summed E-state index contributed by atoms with van der Waals surface area (Å²) in [5.74, 6) is -4.59. The predicted molar refractivity (Wildman–Crippen MR) is 197 cm³/mol. The largest absolute Gasteiger partial charge is 0.481 e. The number of allylic oxidation sites excluding steroid dienone is 1. The molecule has 5 heterocycles. The molecule has 0 spiro atoms. The lowest BCUT2D eigenvalue weighted by molar-refractivity contribution is -0.138. The zero-order valence-corrected chi connectivity index (χ0v) is 29.7. The van der Waals surface area contributed by atoms with Gasteiger partial charge in [0.25, 0.3) is 5.91 Å². The molecular weight excluding hydrogens is 650 g/mol. The molecule has 12 heteroatoms. The number of nitrogens with one attached hydrogen (secondary N) is 3. The number of carboxylic acids is 3. The van der Waals surface area contributed by atoms with Crippen LogP contribution in [0.25, 0.3) is 39.3 Å². The van der Waals surface area contributed by atoms with Gasteiger partial charge >= 0.3 is 17.9 Å². The molecule has 12 nitrogen and oxygen atoms in total. The lowest BCUT2D eigenvalue weighted by Crippen LogP contribution is -2.27. The molecule has 3 aromatic heterocycles. The van der Waals surface area contributed by atoms with Gasteiger partial charge in [-0.15, -0.1) is 0 Å². The van der Waals surface area contributed by atoms with E-state index in [4.69, 9.17) is 15.1 Å². The number of amides is 1. The molecule has 0 unspecified atom stereocenters. The molecule has 0 radical (unpaired) electrons. The van der Waals surface area contributed by atoms with Crippen LogP contribution in [0.5, 0.6) is 0 Å². The third-order valence-electron chi connectivity index (χ3n) is 10.1. The van der Waals surface area contributed by atoms with Gasteiger partial charge in [0.1, 0.15) is 0 Å². The van der Waals surface area contributed by atoms with Crippen LogP contribution in [-0.4, -0.2) is 65.6 Å². The Hall–Kier alpha value is -5.52. The van der Waals surface area contributed by atoms with Gasteiger partial charge in [0.05, 0.1) is 28.2 Å². The maximum Gasteiger partial charge on any atom is 0.338 e. The highest BCUT2D eigenvalue weighted by Gasteiger charge is 2.37. The molecule has 2 aliphatic heterocycles. The third kappa shape index (κ3) is 7.35. The number of H-pyrrole nitrogens is 2. The highest BCUT2D eigenvalue weighted by atomic mass is 16.4. The summed E-state index contributed by atoms with van der Waals surface area (Å²) >= 11 is 0. The van der Waals surface area contributed by atoms with Crippen molar-refractivity contribution < 1.29 is 34.5 Å². The number of aryl methyl sites for hydroxylation is 3. The minimum atomic E-state index is -1.25. The Labute approximate surface area is 295 Å². The van der Waals surface area contributed by atoms with E-state index in [0.717, 1.165) is 44.3 Å². The highest BCUT2D eigenvalue weighted by molar-refractivity contribution is 6.26. The van der Waals surface area contributed by atoms with Crippen molar-refractivity contribution in [3.63, 3.8) is 0 Å². The number of hydrogen-bond acceptors (Lipinski definition) is 6. The Bertz CT molecular complexity index is 2140. The first-order valence-electron chi connectivity index (χ1n) is 17.3. The number of unbranched alkanes of at least 4 members (excludes halogenated alkanes) is 2. The van der Waals surface area contributed by atoms with Crippen molar-refractivity contribution in [1.82, 2.24) is 25.3 Å². The molecule has 0 fully saturated rings. The molecule has 1 amide bonds. The number of nitrogens with zero attached hydrogens (tertiary/aromatic N) is 2. The Morgan fingerprint density at radius 1 is 0.882 bits per heavy atom. The smallest absolute Gasteiger partial charge is 0.338 e. The second-order valence-corrected chi connectivity index (χ2v) is 13.3. The first kappa shape index (κ1) is 36.8. The number of rotatable bonds is 13. The summed E-state index contributed by atoms with van der Waals surface area (Å²) in [6.07, 6.45) is 4.01. The van der Waals surface area contributed by atoms with Gasteiger partial charge in [-0.25, -0.2) is 9.78 Å². The second kappa shape index (κ2) is 15.2. The van der Waals surface area contributed by atoms with Crippen LogP contribution in [0, 0.1) is 13.8 Å². The summed E-state index contributed by atoms with van der Waals surface area (Å²) < 4.78 is 0. The van der Waals surface area contributed by atoms with Gasteiger partial charge in [0.2, 0.25) is 0 Å². The molecule has 5 rings (SSSR count). The summed E-state index contributed by atoms with van der Waals surface area (Å²) in [4.78, 5) is 66.9. The van der Waals surface area contributed by atoms with Crippen molar-refractivity contribution in [3.8, 4) is 0 Å². The van der Waals surface area contributed by atoms with Crippen LogP contribution in [0.3, 0.4) is 0 Å². The minimum absolute atomic E-state index is 0.0125. The van der Waals surface area contributed by atoms with E-state index in [1.165, 1.54) is 0 Å². The minimum Gasteiger partial charge on any atom is -0.481 e. The molecule has 8 bridgehead atoms. The number of aromatic amines is 2. The van der Waals surface area contributed by atoms with Crippen molar-refractivity contribution in [1.29, 1.82) is 0 Å². The number of aliphatic carboxylic acids is 3. The summed E-state index contributed by atoms with van der Waals surface area (Å²) in [5, 5.41) is 32.2. The zero-order chi connectivity index (χ0) is 37.1. The molecule has 51 heavy (non-hydrogen) atoms. The number of carboxylic acid groups (broad SMARTS) is 3. The van der Waals surface area contributed by atoms with Crippen LogP contribution in [-0.2, 0) is 20.8 Å². The van der Waals surface area contributed by atoms with Crippen molar-refractivity contribution in [2.24, 2.45) is 0 Å². The summed E-state index contributed by atoms with van der Waals surface area (Å²) in [7, 11) is 0. The fourth-order valence-electron chi connectivity index (χ4n) is 7.21. The topological polar surface area (TPSA) is 198 Å². The van der Waals surface area contributed by atoms with E-state index in [1.54, 1.807) is 13.0 Å². The quantitative estimate of drug-likeness (QED) is 0.0995. The monoisotopic (exact) mass is 695 g/mol. The number of aromatic nitrogens is 4. The van der Waals surface area contributed by atoms with Crippen molar-refractivity contribution in [3.05, 3.63) is 75.4 Å². The van der Waals surface area contributed by atoms with Crippen molar-refractivity contribution >= 4 is 63.1 Å². The molecular formula is C39H45N5O7. The first-order valence-corrected chi connectivity index (χ1v) is 17.3. The van der Waals surface area contributed by atoms with E-state index < -0.39 is 29.7 Å². The SMILES string of the molecule is C=Cc1c(C)c2cc3nc(c(C(=O)NCCCCCC(=O)O)c4nc(cc5[nH]c(cc1[nH]2)c(C)c5CC)C(C)=C4C(=O)O)[C@@H](CCC(=O)O)[C@@H]3C. The molecule has 3 aromatic rings. The van der Waals surface area contributed by atoms with Gasteiger partial charge in [0, 0.05) is 64.5 Å². The Morgan fingerprint density at radius 2 is 1.57 bits per heavy atom. The Kier molecular flexibility index (Phi) is 10.9. The highest BCUT2D eigenvalue weighted by Crippen LogP contribution is 2.43. The normalized spacial score (nSPS) is 15.5. The standard InChI is InChI=1S/C39H45N5O7/c1-7-23-19(3)26-16-28-21(5)25(13-14-33(47)48)36(43-28)35(38(49)40-15-11-9-10-12-32(45)46)37-34(39(50)51)22(6)29(44-37)18-31-24(8-2)20(4)27(42-31)17-30(23)41-26/h7,16-18,21,25,41-42H,1,8-15H2,2-6H3,(H,40,49)(H,45,46)(H,47,48)(H,50,51)/t21-,25-/m0/s1. The molecule has 0 saturated carbocycles. The van der Waals surface area contributed by atoms with Gasteiger partial charge in [-0.3, -0.25) is 19.4 Å². The Morgan fingerprint density at radius 3 is 2.22 bits per heavy atom. The predicted octanol–water partition coefficient (Wildman–Crippen LogP) is 7.28. The summed E-state index contributed by atoms with van der Waals surface area (Å²) in [6.45, 7) is 13.9. The van der Waals surface area contributed by atoms with E-state index in [0.29, 0.717) is 42.6 Å². The number of carbonyl (C=O) groups is 4. The fourth-order valence-corrected chi connectivity index (χ4v) is 7.21. The van der Waals surface area contributed by atoms with E-state index >= 15 is 0 Å².